The summed E-state index contributed by atoms with van der Waals surface area (Å²) in [6.07, 6.45) is 4.48. The summed E-state index contributed by atoms with van der Waals surface area (Å²) in [7, 11) is 0. The first-order valence-corrected chi connectivity index (χ1v) is 5.33. The normalized spacial score (nSPS) is 9.78. The molecule has 0 atom stereocenters. The van der Waals surface area contributed by atoms with Crippen molar-refractivity contribution in [3.8, 4) is 11.8 Å². The highest BCUT2D eigenvalue weighted by Gasteiger charge is 2.10. The van der Waals surface area contributed by atoms with Gasteiger partial charge in [-0.25, -0.2) is 14.5 Å². The Morgan fingerprint density at radius 1 is 1.61 bits per heavy atom. The fourth-order valence-electron chi connectivity index (χ4n) is 1.41. The van der Waals surface area contributed by atoms with Gasteiger partial charge in [-0.05, 0) is 13.0 Å². The minimum atomic E-state index is -0.418. The average Bonchev–Trinajstić information content (AvgIpc) is 2.89. The van der Waals surface area contributed by atoms with Gasteiger partial charge in [0.15, 0.2) is 0 Å². The van der Waals surface area contributed by atoms with E-state index < -0.39 is 5.97 Å². The Hall–Kier alpha value is -2.68. The van der Waals surface area contributed by atoms with E-state index in [1.807, 2.05) is 6.07 Å². The van der Waals surface area contributed by atoms with E-state index in [0.29, 0.717) is 23.6 Å². The largest absolute Gasteiger partial charge is 0.462 e. The summed E-state index contributed by atoms with van der Waals surface area (Å²) in [4.78, 5) is 15.3. The molecule has 2 rings (SSSR count). The Bertz CT molecular complexity index is 613. The van der Waals surface area contributed by atoms with Crippen molar-refractivity contribution in [1.29, 1.82) is 5.26 Å². The Balaban J connectivity index is 2.29. The summed E-state index contributed by atoms with van der Waals surface area (Å²) >= 11 is 0. The van der Waals surface area contributed by atoms with Crippen molar-refractivity contribution in [2.24, 2.45) is 0 Å². The first kappa shape index (κ1) is 11.8. The second-order valence-corrected chi connectivity index (χ2v) is 3.41. The van der Waals surface area contributed by atoms with E-state index in [2.05, 4.69) is 10.1 Å². The standard InChI is InChI=1S/C12H10N4O2/c1-2-18-12(17)9-7-15-16(8-9)11-3-4-14-10(5-11)6-13/h3-5,7-8H,2H2,1H3. The Morgan fingerprint density at radius 2 is 2.44 bits per heavy atom. The first-order valence-electron chi connectivity index (χ1n) is 5.33. The van der Waals surface area contributed by atoms with Gasteiger partial charge in [0.25, 0.3) is 0 Å². The number of hydrogen-bond acceptors (Lipinski definition) is 5. The van der Waals surface area contributed by atoms with Crippen LogP contribution in [0.25, 0.3) is 5.69 Å². The fourth-order valence-corrected chi connectivity index (χ4v) is 1.41. The molecule has 0 aliphatic carbocycles. The van der Waals surface area contributed by atoms with Gasteiger partial charge in [-0.3, -0.25) is 0 Å². The summed E-state index contributed by atoms with van der Waals surface area (Å²) in [5.74, 6) is -0.418. The van der Waals surface area contributed by atoms with E-state index in [9.17, 15) is 4.79 Å². The zero-order valence-electron chi connectivity index (χ0n) is 9.70. The van der Waals surface area contributed by atoms with E-state index in [1.165, 1.54) is 17.1 Å². The lowest BCUT2D eigenvalue weighted by Crippen LogP contribution is -2.03. The highest BCUT2D eigenvalue weighted by Crippen LogP contribution is 2.09. The van der Waals surface area contributed by atoms with Crippen LogP contribution in [0.4, 0.5) is 0 Å². The summed E-state index contributed by atoms with van der Waals surface area (Å²) < 4.78 is 6.36. The van der Waals surface area contributed by atoms with E-state index >= 15 is 0 Å². The van der Waals surface area contributed by atoms with Gasteiger partial charge in [-0.15, -0.1) is 0 Å². The predicted octanol–water partition coefficient (Wildman–Crippen LogP) is 1.32. The second kappa shape index (κ2) is 5.10. The van der Waals surface area contributed by atoms with Crippen LogP contribution < -0.4 is 0 Å². The molecule has 2 aromatic rings. The Morgan fingerprint density at radius 3 is 3.17 bits per heavy atom. The zero-order chi connectivity index (χ0) is 13.0. The second-order valence-electron chi connectivity index (χ2n) is 3.41. The number of rotatable bonds is 3. The number of esters is 1. The summed E-state index contributed by atoms with van der Waals surface area (Å²) in [6, 6.07) is 5.23. The Kier molecular flexibility index (Phi) is 3.34. The number of pyridine rings is 1. The molecular weight excluding hydrogens is 232 g/mol. The van der Waals surface area contributed by atoms with Gasteiger partial charge in [0.2, 0.25) is 0 Å². The maximum atomic E-state index is 11.5. The molecule has 0 unspecified atom stereocenters. The molecule has 0 saturated heterocycles. The SMILES string of the molecule is CCOC(=O)c1cnn(-c2ccnc(C#N)c2)c1. The molecule has 2 heterocycles. The summed E-state index contributed by atoms with van der Waals surface area (Å²) in [5.41, 5.74) is 1.32. The number of hydrogen-bond donors (Lipinski definition) is 0. The number of carbonyl (C=O) groups is 1. The molecule has 0 N–H and O–H groups in total. The Labute approximate surface area is 103 Å². The van der Waals surface area contributed by atoms with Gasteiger partial charge < -0.3 is 4.74 Å². The van der Waals surface area contributed by atoms with Crippen LogP contribution in [0.2, 0.25) is 0 Å². The van der Waals surface area contributed by atoms with E-state index in [-0.39, 0.29) is 0 Å². The predicted molar refractivity (Wildman–Crippen MR) is 62.0 cm³/mol. The molecule has 0 fully saturated rings. The van der Waals surface area contributed by atoms with Gasteiger partial charge in [0, 0.05) is 18.5 Å². The van der Waals surface area contributed by atoms with Crippen molar-refractivity contribution >= 4 is 5.97 Å². The average molecular weight is 242 g/mol. The third-order valence-electron chi connectivity index (χ3n) is 2.22. The zero-order valence-corrected chi connectivity index (χ0v) is 9.70. The third kappa shape index (κ3) is 2.35. The van der Waals surface area contributed by atoms with Gasteiger partial charge in [0.1, 0.15) is 11.8 Å². The maximum absolute atomic E-state index is 11.5. The molecule has 0 aromatic carbocycles. The van der Waals surface area contributed by atoms with Crippen molar-refractivity contribution in [3.05, 3.63) is 42.0 Å². The summed E-state index contributed by atoms with van der Waals surface area (Å²) in [6.45, 7) is 2.06. The van der Waals surface area contributed by atoms with Crippen molar-refractivity contribution in [3.63, 3.8) is 0 Å². The molecule has 90 valence electrons. The van der Waals surface area contributed by atoms with Crippen LogP contribution in [-0.2, 0) is 4.74 Å². The van der Waals surface area contributed by atoms with Crippen LogP contribution in [0.1, 0.15) is 23.0 Å². The van der Waals surface area contributed by atoms with Gasteiger partial charge in [-0.1, -0.05) is 0 Å². The van der Waals surface area contributed by atoms with E-state index in [0.717, 1.165) is 0 Å². The quantitative estimate of drug-likeness (QED) is 0.758. The molecule has 0 bridgehead atoms. The molecule has 0 aliphatic rings. The number of ether oxygens (including phenoxy) is 1. The third-order valence-corrected chi connectivity index (χ3v) is 2.22. The highest BCUT2D eigenvalue weighted by molar-refractivity contribution is 5.88. The maximum Gasteiger partial charge on any atom is 0.341 e. The van der Waals surface area contributed by atoms with Crippen molar-refractivity contribution in [2.45, 2.75) is 6.92 Å². The molecule has 18 heavy (non-hydrogen) atoms. The number of carbonyl (C=O) groups excluding carboxylic acids is 1. The topological polar surface area (TPSA) is 80.8 Å². The molecule has 6 nitrogen and oxygen atoms in total. The van der Waals surface area contributed by atoms with Crippen LogP contribution in [0.15, 0.2) is 30.7 Å². The van der Waals surface area contributed by atoms with Gasteiger partial charge in [-0.2, -0.15) is 10.4 Å². The number of nitrogens with zero attached hydrogens (tertiary/aromatic N) is 4. The smallest absolute Gasteiger partial charge is 0.341 e. The van der Waals surface area contributed by atoms with Crippen molar-refractivity contribution < 1.29 is 9.53 Å². The summed E-state index contributed by atoms with van der Waals surface area (Å²) in [5, 5.41) is 12.8. The monoisotopic (exact) mass is 242 g/mol. The molecular formula is C12H10N4O2. The molecule has 0 spiro atoms. The van der Waals surface area contributed by atoms with E-state index in [1.54, 1.807) is 25.3 Å². The van der Waals surface area contributed by atoms with Crippen LogP contribution in [0, 0.1) is 11.3 Å². The number of aromatic nitrogens is 3. The molecule has 6 heteroatoms. The fraction of sp³-hybridized carbons (Fsp3) is 0.167. The number of nitriles is 1. The van der Waals surface area contributed by atoms with Crippen molar-refractivity contribution in [2.75, 3.05) is 6.61 Å². The first-order chi connectivity index (χ1) is 8.74. The molecule has 0 amide bonds. The van der Waals surface area contributed by atoms with Crippen molar-refractivity contribution in [1.82, 2.24) is 14.8 Å². The molecule has 0 saturated carbocycles. The van der Waals surface area contributed by atoms with Crippen LogP contribution in [0.5, 0.6) is 0 Å². The highest BCUT2D eigenvalue weighted by atomic mass is 16.5. The lowest BCUT2D eigenvalue weighted by atomic mass is 10.3. The minimum absolute atomic E-state index is 0.292. The molecule has 0 radical (unpaired) electrons. The van der Waals surface area contributed by atoms with Crippen LogP contribution >= 0.6 is 0 Å². The van der Waals surface area contributed by atoms with Crippen LogP contribution in [0.3, 0.4) is 0 Å². The van der Waals surface area contributed by atoms with Gasteiger partial charge in [0.05, 0.1) is 24.1 Å². The van der Waals surface area contributed by atoms with E-state index in [4.69, 9.17) is 10.00 Å². The van der Waals surface area contributed by atoms with Gasteiger partial charge >= 0.3 is 5.97 Å². The van der Waals surface area contributed by atoms with Crippen LogP contribution in [-0.4, -0.2) is 27.3 Å². The lowest BCUT2D eigenvalue weighted by molar-refractivity contribution is 0.0526. The molecule has 0 aliphatic heterocycles. The lowest BCUT2D eigenvalue weighted by Gasteiger charge is -2.00. The minimum Gasteiger partial charge on any atom is -0.462 e. The molecule has 2 aromatic heterocycles.